The van der Waals surface area contributed by atoms with E-state index in [1.54, 1.807) is 24.9 Å². The number of aromatic nitrogens is 1. The Morgan fingerprint density at radius 1 is 1.16 bits per heavy atom. The minimum absolute atomic E-state index is 0.129. The highest BCUT2D eigenvalue weighted by Gasteiger charge is 2.22. The standard InChI is InChI=1S/C23H20N2O5S2/c1-28-15-9-7-14(8-10-15)18-13-32-23(24-18)25-20(26)11-29-22(27)21-17(12-31-2)16-5-3-4-6-19(16)30-21/h3-10,13H,11-12H2,1-2H3,(H,24,25,26). The van der Waals surface area contributed by atoms with Crippen molar-refractivity contribution in [3.8, 4) is 17.0 Å². The predicted octanol–water partition coefficient (Wildman–Crippen LogP) is 5.22. The lowest BCUT2D eigenvalue weighted by atomic mass is 10.1. The van der Waals surface area contributed by atoms with E-state index < -0.39 is 18.5 Å². The molecule has 9 heteroatoms. The van der Waals surface area contributed by atoms with Gasteiger partial charge in [0.05, 0.1) is 12.8 Å². The van der Waals surface area contributed by atoms with E-state index in [0.717, 1.165) is 28.0 Å². The monoisotopic (exact) mass is 468 g/mol. The second-order valence-corrected chi connectivity index (χ2v) is 8.45. The highest BCUT2D eigenvalue weighted by Crippen LogP contribution is 2.29. The van der Waals surface area contributed by atoms with Crippen molar-refractivity contribution in [2.75, 3.05) is 25.3 Å². The Bertz CT molecular complexity index is 1250. The minimum Gasteiger partial charge on any atom is -0.497 e. The van der Waals surface area contributed by atoms with E-state index in [1.807, 2.05) is 54.1 Å². The number of benzene rings is 2. The van der Waals surface area contributed by atoms with Crippen molar-refractivity contribution in [1.82, 2.24) is 4.98 Å². The number of nitrogens with zero attached hydrogens (tertiary/aromatic N) is 1. The lowest BCUT2D eigenvalue weighted by molar-refractivity contribution is -0.119. The Kier molecular flexibility index (Phi) is 6.77. The van der Waals surface area contributed by atoms with Gasteiger partial charge in [-0.15, -0.1) is 11.3 Å². The van der Waals surface area contributed by atoms with Crippen molar-refractivity contribution in [2.24, 2.45) is 0 Å². The molecule has 0 unspecified atom stereocenters. The van der Waals surface area contributed by atoms with Gasteiger partial charge in [0.25, 0.3) is 5.91 Å². The molecule has 0 saturated carbocycles. The molecule has 0 aliphatic heterocycles. The molecule has 4 aromatic rings. The molecule has 0 aliphatic rings. The van der Waals surface area contributed by atoms with Crippen molar-refractivity contribution >= 4 is 51.1 Å². The van der Waals surface area contributed by atoms with Crippen LogP contribution in [0, 0.1) is 0 Å². The third-order valence-electron chi connectivity index (χ3n) is 4.64. The number of nitrogens with one attached hydrogen (secondary N) is 1. The van der Waals surface area contributed by atoms with Gasteiger partial charge >= 0.3 is 5.97 Å². The van der Waals surface area contributed by atoms with E-state index in [-0.39, 0.29) is 5.76 Å². The maximum atomic E-state index is 12.6. The molecule has 0 radical (unpaired) electrons. The van der Waals surface area contributed by atoms with Gasteiger partial charge in [0.1, 0.15) is 11.3 Å². The van der Waals surface area contributed by atoms with Crippen molar-refractivity contribution in [3.63, 3.8) is 0 Å². The van der Waals surface area contributed by atoms with Crippen LogP contribution in [0.2, 0.25) is 0 Å². The molecular weight excluding hydrogens is 448 g/mol. The highest BCUT2D eigenvalue weighted by atomic mass is 32.2. The topological polar surface area (TPSA) is 90.7 Å². The zero-order chi connectivity index (χ0) is 22.5. The summed E-state index contributed by atoms with van der Waals surface area (Å²) in [4.78, 5) is 29.3. The average Bonchev–Trinajstić information content (AvgIpc) is 3.43. The summed E-state index contributed by atoms with van der Waals surface area (Å²) in [6, 6.07) is 14.9. The van der Waals surface area contributed by atoms with Gasteiger partial charge in [0.2, 0.25) is 5.76 Å². The number of esters is 1. The number of carbonyl (C=O) groups is 2. The number of hydrogen-bond acceptors (Lipinski definition) is 8. The number of hydrogen-bond donors (Lipinski definition) is 1. The van der Waals surface area contributed by atoms with Crippen LogP contribution in [-0.4, -0.2) is 36.8 Å². The Morgan fingerprint density at radius 3 is 2.69 bits per heavy atom. The van der Waals surface area contributed by atoms with E-state index in [0.29, 0.717) is 16.5 Å². The Balaban J connectivity index is 1.38. The van der Waals surface area contributed by atoms with E-state index in [1.165, 1.54) is 11.3 Å². The van der Waals surface area contributed by atoms with Gasteiger partial charge in [0.15, 0.2) is 11.7 Å². The van der Waals surface area contributed by atoms with Crippen LogP contribution in [0.25, 0.3) is 22.2 Å². The molecule has 4 rings (SSSR count). The first-order chi connectivity index (χ1) is 15.6. The molecule has 0 spiro atoms. The summed E-state index contributed by atoms with van der Waals surface area (Å²) >= 11 is 2.86. The van der Waals surface area contributed by atoms with Gasteiger partial charge < -0.3 is 13.9 Å². The molecule has 2 aromatic heterocycles. The van der Waals surface area contributed by atoms with Crippen molar-refractivity contribution in [1.29, 1.82) is 0 Å². The summed E-state index contributed by atoms with van der Waals surface area (Å²) in [5.74, 6) is 0.338. The van der Waals surface area contributed by atoms with Crippen molar-refractivity contribution in [2.45, 2.75) is 5.75 Å². The molecule has 0 atom stereocenters. The van der Waals surface area contributed by atoms with E-state index in [2.05, 4.69) is 10.3 Å². The summed E-state index contributed by atoms with van der Waals surface area (Å²) in [7, 11) is 1.61. The second-order valence-electron chi connectivity index (χ2n) is 6.73. The molecule has 1 amide bonds. The maximum Gasteiger partial charge on any atom is 0.375 e. The number of para-hydroxylation sites is 1. The first kappa shape index (κ1) is 21.9. The van der Waals surface area contributed by atoms with E-state index in [4.69, 9.17) is 13.9 Å². The van der Waals surface area contributed by atoms with Gasteiger partial charge in [-0.3, -0.25) is 10.1 Å². The highest BCUT2D eigenvalue weighted by molar-refractivity contribution is 7.97. The number of carbonyl (C=O) groups excluding carboxylic acids is 2. The first-order valence-electron chi connectivity index (χ1n) is 9.65. The summed E-state index contributed by atoms with van der Waals surface area (Å²) < 4.78 is 16.1. The molecule has 164 valence electrons. The number of methoxy groups -OCH3 is 1. The summed E-state index contributed by atoms with van der Waals surface area (Å²) in [6.45, 7) is -0.438. The second kappa shape index (κ2) is 9.88. The van der Waals surface area contributed by atoms with Crippen LogP contribution in [0.1, 0.15) is 16.1 Å². The van der Waals surface area contributed by atoms with Crippen LogP contribution >= 0.6 is 23.1 Å². The van der Waals surface area contributed by atoms with Crippen molar-refractivity contribution < 1.29 is 23.5 Å². The molecule has 7 nitrogen and oxygen atoms in total. The SMILES string of the molecule is COc1ccc(-c2csc(NC(=O)COC(=O)c3oc4ccccc4c3CSC)n2)cc1. The molecular formula is C23H20N2O5S2. The van der Waals surface area contributed by atoms with Gasteiger partial charge in [0, 0.05) is 27.6 Å². The summed E-state index contributed by atoms with van der Waals surface area (Å²) in [5.41, 5.74) is 3.01. The van der Waals surface area contributed by atoms with Gasteiger partial charge in [-0.25, -0.2) is 9.78 Å². The Morgan fingerprint density at radius 2 is 1.94 bits per heavy atom. The number of ether oxygens (including phenoxy) is 2. The Labute approximate surface area is 192 Å². The number of rotatable bonds is 8. The molecule has 2 aromatic carbocycles. The Hall–Kier alpha value is -3.30. The van der Waals surface area contributed by atoms with Gasteiger partial charge in [-0.05, 0) is 36.6 Å². The number of thioether (sulfide) groups is 1. The molecule has 0 bridgehead atoms. The number of anilines is 1. The molecule has 32 heavy (non-hydrogen) atoms. The normalized spacial score (nSPS) is 10.8. The van der Waals surface area contributed by atoms with Gasteiger partial charge in [-0.2, -0.15) is 11.8 Å². The molecule has 0 fully saturated rings. The lowest BCUT2D eigenvalue weighted by Gasteiger charge is -2.05. The van der Waals surface area contributed by atoms with Crippen LogP contribution in [-0.2, 0) is 15.3 Å². The fourth-order valence-corrected chi connectivity index (χ4v) is 4.44. The van der Waals surface area contributed by atoms with Gasteiger partial charge in [-0.1, -0.05) is 18.2 Å². The first-order valence-corrected chi connectivity index (χ1v) is 11.9. The lowest BCUT2D eigenvalue weighted by Crippen LogP contribution is -2.21. The zero-order valence-electron chi connectivity index (χ0n) is 17.4. The molecule has 1 N–H and O–H groups in total. The molecule has 0 aliphatic carbocycles. The summed E-state index contributed by atoms with van der Waals surface area (Å²) in [5, 5.41) is 5.79. The fraction of sp³-hybridized carbons (Fsp3) is 0.174. The number of furan rings is 1. The average molecular weight is 469 g/mol. The van der Waals surface area contributed by atoms with Crippen LogP contribution in [0.4, 0.5) is 5.13 Å². The quantitative estimate of drug-likeness (QED) is 0.354. The van der Waals surface area contributed by atoms with Crippen LogP contribution in [0.3, 0.4) is 0 Å². The summed E-state index contributed by atoms with van der Waals surface area (Å²) in [6.07, 6.45) is 1.94. The maximum absolute atomic E-state index is 12.6. The number of thiazole rings is 1. The predicted molar refractivity (Wildman–Crippen MR) is 126 cm³/mol. The molecule has 0 saturated heterocycles. The third-order valence-corrected chi connectivity index (χ3v) is 5.98. The number of amides is 1. The zero-order valence-corrected chi connectivity index (χ0v) is 19.0. The van der Waals surface area contributed by atoms with Crippen molar-refractivity contribution in [3.05, 3.63) is 65.2 Å². The van der Waals surface area contributed by atoms with Crippen LogP contribution in [0.5, 0.6) is 5.75 Å². The fourth-order valence-electron chi connectivity index (χ4n) is 3.13. The van der Waals surface area contributed by atoms with E-state index in [9.17, 15) is 9.59 Å². The largest absolute Gasteiger partial charge is 0.497 e. The molecule has 2 heterocycles. The third kappa shape index (κ3) is 4.79. The van der Waals surface area contributed by atoms with E-state index >= 15 is 0 Å². The number of fused-ring (bicyclic) bond motifs is 1. The minimum atomic E-state index is -0.668. The smallest absolute Gasteiger partial charge is 0.375 e. The van der Waals surface area contributed by atoms with Crippen LogP contribution < -0.4 is 10.1 Å². The van der Waals surface area contributed by atoms with Crippen LogP contribution in [0.15, 0.2) is 58.3 Å².